The van der Waals surface area contributed by atoms with Crippen molar-refractivity contribution in [3.8, 4) is 0 Å². The van der Waals surface area contributed by atoms with Crippen molar-refractivity contribution in [1.29, 1.82) is 0 Å². The number of thioether (sulfide) groups is 1. The third kappa shape index (κ3) is 3.63. The van der Waals surface area contributed by atoms with Gasteiger partial charge in [-0.2, -0.15) is 0 Å². The molecule has 27 heavy (non-hydrogen) atoms. The lowest BCUT2D eigenvalue weighted by atomic mass is 10.1. The van der Waals surface area contributed by atoms with Crippen molar-refractivity contribution >= 4 is 57.0 Å². The minimum atomic E-state index is -0.0778. The normalized spacial score (nSPS) is 19.3. The maximum Gasteiger partial charge on any atom is 0.266 e. The Hall–Kier alpha value is -2.22. The molecule has 1 aromatic heterocycles. The second-order valence-electron chi connectivity index (χ2n) is 6.27. The number of anilines is 1. The summed E-state index contributed by atoms with van der Waals surface area (Å²) in [6.07, 6.45) is 3.59. The van der Waals surface area contributed by atoms with Crippen molar-refractivity contribution < 1.29 is 9.53 Å². The number of hydrogen-bond donors (Lipinski definition) is 0. The highest BCUT2D eigenvalue weighted by atomic mass is 32.2. The summed E-state index contributed by atoms with van der Waals surface area (Å²) in [6.45, 7) is 7.04. The fourth-order valence-electron chi connectivity index (χ4n) is 3.18. The summed E-state index contributed by atoms with van der Waals surface area (Å²) >= 11 is 6.68. The molecule has 4 rings (SSSR count). The third-order valence-corrected chi connectivity index (χ3v) is 5.89. The van der Waals surface area contributed by atoms with Gasteiger partial charge < -0.3 is 9.64 Å². The zero-order valence-electron chi connectivity index (χ0n) is 14.8. The number of thiocarbonyl (C=S) groups is 1. The number of rotatable bonds is 4. The number of carbonyl (C=O) groups excluding carboxylic acids is 1. The number of benzene rings is 1. The van der Waals surface area contributed by atoms with Gasteiger partial charge in [-0.1, -0.05) is 48.3 Å². The second kappa shape index (κ2) is 7.80. The molecule has 138 valence electrons. The summed E-state index contributed by atoms with van der Waals surface area (Å²) < 4.78 is 6.04. The fraction of sp³-hybridized carbons (Fsp3) is 0.250. The van der Waals surface area contributed by atoms with Gasteiger partial charge in [0.15, 0.2) is 0 Å². The molecule has 0 saturated carbocycles. The summed E-state index contributed by atoms with van der Waals surface area (Å²) in [4.78, 5) is 22.0. The first kappa shape index (κ1) is 18.2. The van der Waals surface area contributed by atoms with Crippen LogP contribution in [0.3, 0.4) is 0 Å². The minimum Gasteiger partial charge on any atom is -0.378 e. The van der Waals surface area contributed by atoms with Gasteiger partial charge in [0, 0.05) is 30.6 Å². The van der Waals surface area contributed by atoms with Crippen molar-refractivity contribution in [1.82, 2.24) is 9.88 Å². The topological polar surface area (TPSA) is 45.7 Å². The highest BCUT2D eigenvalue weighted by Crippen LogP contribution is 2.35. The Labute approximate surface area is 167 Å². The molecule has 2 aliphatic rings. The molecule has 0 spiro atoms. The number of hydrogen-bond acceptors (Lipinski definition) is 6. The molecule has 0 bridgehead atoms. The van der Waals surface area contributed by atoms with Crippen LogP contribution in [0.4, 0.5) is 5.82 Å². The Balaban J connectivity index is 1.78. The summed E-state index contributed by atoms with van der Waals surface area (Å²) in [5.74, 6) is 0.803. The van der Waals surface area contributed by atoms with Crippen molar-refractivity contribution in [3.05, 3.63) is 53.5 Å². The van der Waals surface area contributed by atoms with Gasteiger partial charge in [-0.15, -0.1) is 6.58 Å². The maximum atomic E-state index is 12.7. The summed E-state index contributed by atoms with van der Waals surface area (Å²) in [6, 6.07) is 10.1. The van der Waals surface area contributed by atoms with Crippen molar-refractivity contribution in [2.75, 3.05) is 37.7 Å². The number of para-hydroxylation sites is 1. The van der Waals surface area contributed by atoms with Gasteiger partial charge in [0.2, 0.25) is 0 Å². The van der Waals surface area contributed by atoms with Crippen LogP contribution >= 0.6 is 24.0 Å². The quantitative estimate of drug-likeness (QED) is 0.447. The van der Waals surface area contributed by atoms with E-state index in [-0.39, 0.29) is 5.91 Å². The second-order valence-corrected chi connectivity index (χ2v) is 7.95. The first-order valence-electron chi connectivity index (χ1n) is 8.76. The fourth-order valence-corrected chi connectivity index (χ4v) is 4.45. The summed E-state index contributed by atoms with van der Waals surface area (Å²) in [7, 11) is 0. The predicted molar refractivity (Wildman–Crippen MR) is 115 cm³/mol. The molecule has 1 aromatic carbocycles. The predicted octanol–water partition coefficient (Wildman–Crippen LogP) is 3.46. The number of aromatic nitrogens is 1. The van der Waals surface area contributed by atoms with Gasteiger partial charge >= 0.3 is 0 Å². The van der Waals surface area contributed by atoms with Gasteiger partial charge in [0.1, 0.15) is 10.1 Å². The lowest BCUT2D eigenvalue weighted by Crippen LogP contribution is -2.37. The van der Waals surface area contributed by atoms with Gasteiger partial charge in [-0.05, 0) is 18.2 Å². The van der Waals surface area contributed by atoms with E-state index < -0.39 is 0 Å². The van der Waals surface area contributed by atoms with Crippen LogP contribution in [-0.4, -0.2) is 53.0 Å². The Kier molecular flexibility index (Phi) is 5.24. The van der Waals surface area contributed by atoms with Gasteiger partial charge in [0.05, 0.1) is 23.6 Å². The SMILES string of the molecule is C=CCN1C(=O)/C(=C/c2cc3ccccc3nc2N2CCOCC2)SC1=S. The van der Waals surface area contributed by atoms with Crippen LogP contribution < -0.4 is 4.90 Å². The van der Waals surface area contributed by atoms with Crippen molar-refractivity contribution in [2.24, 2.45) is 0 Å². The van der Waals surface area contributed by atoms with E-state index in [1.54, 1.807) is 11.0 Å². The van der Waals surface area contributed by atoms with Crippen LogP contribution in [0.1, 0.15) is 5.56 Å². The lowest BCUT2D eigenvalue weighted by molar-refractivity contribution is -0.121. The average molecular weight is 398 g/mol. The van der Waals surface area contributed by atoms with E-state index in [9.17, 15) is 4.79 Å². The van der Waals surface area contributed by atoms with E-state index in [0.29, 0.717) is 29.0 Å². The van der Waals surface area contributed by atoms with Gasteiger partial charge in [0.25, 0.3) is 5.91 Å². The molecule has 0 N–H and O–H groups in total. The zero-order valence-corrected chi connectivity index (χ0v) is 16.4. The molecule has 1 amide bonds. The number of pyridine rings is 1. The number of fused-ring (bicyclic) bond motifs is 1. The molecule has 5 nitrogen and oxygen atoms in total. The highest BCUT2D eigenvalue weighted by Gasteiger charge is 2.31. The monoisotopic (exact) mass is 397 g/mol. The molecule has 2 aliphatic heterocycles. The third-order valence-electron chi connectivity index (χ3n) is 4.51. The van der Waals surface area contributed by atoms with Crippen LogP contribution in [0.2, 0.25) is 0 Å². The molecule has 3 heterocycles. The van der Waals surface area contributed by atoms with Crippen LogP contribution in [0.5, 0.6) is 0 Å². The van der Waals surface area contributed by atoms with Crippen molar-refractivity contribution in [3.63, 3.8) is 0 Å². The highest BCUT2D eigenvalue weighted by molar-refractivity contribution is 8.26. The molecule has 2 fully saturated rings. The summed E-state index contributed by atoms with van der Waals surface area (Å²) in [5, 5.41) is 1.04. The van der Waals surface area contributed by atoms with E-state index in [1.807, 2.05) is 30.3 Å². The summed E-state index contributed by atoms with van der Waals surface area (Å²) in [5.41, 5.74) is 1.87. The minimum absolute atomic E-state index is 0.0778. The molecular weight excluding hydrogens is 378 g/mol. The molecule has 0 radical (unpaired) electrons. The molecular formula is C20H19N3O2S2. The molecule has 0 atom stereocenters. The Morgan fingerprint density at radius 3 is 2.85 bits per heavy atom. The number of morpholine rings is 1. The first-order chi connectivity index (χ1) is 13.2. The smallest absolute Gasteiger partial charge is 0.266 e. The zero-order chi connectivity index (χ0) is 18.8. The molecule has 2 aromatic rings. The van der Waals surface area contributed by atoms with E-state index in [0.717, 1.165) is 35.4 Å². The van der Waals surface area contributed by atoms with E-state index in [4.69, 9.17) is 21.9 Å². The number of ether oxygens (including phenoxy) is 1. The molecule has 2 saturated heterocycles. The van der Waals surface area contributed by atoms with E-state index in [1.165, 1.54) is 11.8 Å². The van der Waals surface area contributed by atoms with Crippen LogP contribution in [0, 0.1) is 0 Å². The van der Waals surface area contributed by atoms with Gasteiger partial charge in [-0.25, -0.2) is 4.98 Å². The molecule has 7 heteroatoms. The van der Waals surface area contributed by atoms with Crippen LogP contribution in [0.25, 0.3) is 17.0 Å². The van der Waals surface area contributed by atoms with Crippen LogP contribution in [-0.2, 0) is 9.53 Å². The standard InChI is InChI=1S/C20H19N3O2S2/c1-2-7-23-19(24)17(27-20(23)26)13-15-12-14-5-3-4-6-16(14)21-18(15)22-8-10-25-11-9-22/h2-6,12-13H,1,7-11H2/b17-13-. The van der Waals surface area contributed by atoms with Gasteiger partial charge in [-0.3, -0.25) is 9.69 Å². The number of nitrogens with zero attached hydrogens (tertiary/aromatic N) is 3. The maximum absolute atomic E-state index is 12.7. The number of carbonyl (C=O) groups is 1. The Bertz CT molecular complexity index is 951. The Morgan fingerprint density at radius 1 is 1.30 bits per heavy atom. The first-order valence-corrected chi connectivity index (χ1v) is 9.98. The van der Waals surface area contributed by atoms with E-state index in [2.05, 4.69) is 17.5 Å². The molecule has 0 aliphatic carbocycles. The number of amides is 1. The molecule has 0 unspecified atom stereocenters. The lowest BCUT2D eigenvalue weighted by Gasteiger charge is -2.29. The Morgan fingerprint density at radius 2 is 2.07 bits per heavy atom. The van der Waals surface area contributed by atoms with E-state index >= 15 is 0 Å². The van der Waals surface area contributed by atoms with Crippen LogP contribution in [0.15, 0.2) is 47.9 Å². The van der Waals surface area contributed by atoms with Crippen molar-refractivity contribution in [2.45, 2.75) is 0 Å². The largest absolute Gasteiger partial charge is 0.378 e. The average Bonchev–Trinajstić information content (AvgIpc) is 2.96.